The Kier molecular flexibility index (Phi) is 6.40. The summed E-state index contributed by atoms with van der Waals surface area (Å²) in [4.78, 5) is 0. The number of methoxy groups -OCH3 is 1. The molecule has 21 heavy (non-hydrogen) atoms. The smallest absolute Gasteiger partial charge is 0.0700 e. The first-order valence-electron chi connectivity index (χ1n) is 7.20. The molecule has 1 aromatic heterocycles. The Morgan fingerprint density at radius 3 is 2.67 bits per heavy atom. The van der Waals surface area contributed by atoms with E-state index in [2.05, 4.69) is 22.5 Å². The lowest BCUT2D eigenvalue weighted by atomic mass is 10.1. The molecule has 0 saturated carbocycles. The number of para-hydroxylation sites is 1. The molecule has 5 nitrogen and oxygen atoms in total. The molecule has 5 heteroatoms. The molecule has 2 rings (SSSR count). The number of aromatic nitrogens is 2. The van der Waals surface area contributed by atoms with Gasteiger partial charge >= 0.3 is 0 Å². The van der Waals surface area contributed by atoms with Gasteiger partial charge in [0.2, 0.25) is 0 Å². The van der Waals surface area contributed by atoms with Crippen LogP contribution in [0.1, 0.15) is 18.2 Å². The average Bonchev–Trinajstić information content (AvgIpc) is 3.01. The summed E-state index contributed by atoms with van der Waals surface area (Å²) in [5, 5.41) is 7.76. The molecule has 1 atom stereocenters. The van der Waals surface area contributed by atoms with Gasteiger partial charge < -0.3 is 14.8 Å². The summed E-state index contributed by atoms with van der Waals surface area (Å²) < 4.78 is 12.5. The van der Waals surface area contributed by atoms with Crippen molar-refractivity contribution in [2.24, 2.45) is 0 Å². The Morgan fingerprint density at radius 2 is 1.95 bits per heavy atom. The van der Waals surface area contributed by atoms with Crippen molar-refractivity contribution in [3.8, 4) is 5.69 Å². The molecule has 0 bridgehead atoms. The zero-order valence-electron chi connectivity index (χ0n) is 12.7. The van der Waals surface area contributed by atoms with Crippen molar-refractivity contribution in [2.45, 2.75) is 12.5 Å². The third-order valence-electron chi connectivity index (χ3n) is 3.36. The fraction of sp³-hybridized carbons (Fsp3) is 0.438. The van der Waals surface area contributed by atoms with Crippen LogP contribution in [0, 0.1) is 0 Å². The molecule has 0 amide bonds. The molecule has 1 N–H and O–H groups in total. The van der Waals surface area contributed by atoms with Gasteiger partial charge in [0, 0.05) is 19.9 Å². The maximum atomic E-state index is 5.56. The van der Waals surface area contributed by atoms with E-state index in [0.717, 1.165) is 17.8 Å². The third-order valence-corrected chi connectivity index (χ3v) is 3.36. The largest absolute Gasteiger partial charge is 0.382 e. The van der Waals surface area contributed by atoms with Crippen molar-refractivity contribution in [2.75, 3.05) is 34.0 Å². The molecule has 0 radical (unpaired) electrons. The minimum Gasteiger partial charge on any atom is -0.382 e. The van der Waals surface area contributed by atoms with E-state index >= 15 is 0 Å². The van der Waals surface area contributed by atoms with Crippen molar-refractivity contribution in [1.29, 1.82) is 0 Å². The maximum absolute atomic E-state index is 5.56. The number of nitrogens with one attached hydrogen (secondary N) is 1. The lowest BCUT2D eigenvalue weighted by molar-refractivity contribution is 0.0658. The van der Waals surface area contributed by atoms with E-state index in [1.807, 2.05) is 42.2 Å². The summed E-state index contributed by atoms with van der Waals surface area (Å²) in [6.45, 7) is 1.95. The van der Waals surface area contributed by atoms with E-state index in [1.54, 1.807) is 7.11 Å². The van der Waals surface area contributed by atoms with E-state index in [9.17, 15) is 0 Å². The second kappa shape index (κ2) is 8.56. The minimum absolute atomic E-state index is 0.204. The number of benzene rings is 1. The molecule has 0 aliphatic rings. The maximum Gasteiger partial charge on any atom is 0.0700 e. The summed E-state index contributed by atoms with van der Waals surface area (Å²) in [6, 6.07) is 12.4. The van der Waals surface area contributed by atoms with E-state index < -0.39 is 0 Å². The molecule has 1 heterocycles. The summed E-state index contributed by atoms with van der Waals surface area (Å²) in [7, 11) is 3.64. The van der Waals surface area contributed by atoms with E-state index in [0.29, 0.717) is 19.8 Å². The van der Waals surface area contributed by atoms with Crippen LogP contribution in [-0.2, 0) is 9.47 Å². The van der Waals surface area contributed by atoms with Gasteiger partial charge in [-0.1, -0.05) is 18.2 Å². The molecule has 0 aliphatic carbocycles. The normalized spacial score (nSPS) is 12.5. The van der Waals surface area contributed by atoms with Crippen LogP contribution < -0.4 is 5.32 Å². The van der Waals surface area contributed by atoms with Crippen molar-refractivity contribution in [1.82, 2.24) is 15.1 Å². The fourth-order valence-electron chi connectivity index (χ4n) is 2.25. The van der Waals surface area contributed by atoms with Gasteiger partial charge in [0.05, 0.1) is 30.6 Å². The summed E-state index contributed by atoms with van der Waals surface area (Å²) in [5.74, 6) is 0. The van der Waals surface area contributed by atoms with Crippen LogP contribution in [0.4, 0.5) is 0 Å². The monoisotopic (exact) mass is 289 g/mol. The fourth-order valence-corrected chi connectivity index (χ4v) is 2.25. The van der Waals surface area contributed by atoms with Crippen molar-refractivity contribution < 1.29 is 9.47 Å². The van der Waals surface area contributed by atoms with Gasteiger partial charge in [0.1, 0.15) is 0 Å². The number of hydrogen-bond acceptors (Lipinski definition) is 4. The highest BCUT2D eigenvalue weighted by Crippen LogP contribution is 2.19. The van der Waals surface area contributed by atoms with Crippen LogP contribution in [0.25, 0.3) is 5.69 Å². The van der Waals surface area contributed by atoms with Crippen LogP contribution in [0.5, 0.6) is 0 Å². The molecule has 0 spiro atoms. The van der Waals surface area contributed by atoms with Crippen LogP contribution in [0.2, 0.25) is 0 Å². The van der Waals surface area contributed by atoms with Gasteiger partial charge in [-0.25, -0.2) is 4.68 Å². The average molecular weight is 289 g/mol. The summed E-state index contributed by atoms with van der Waals surface area (Å²) in [6.07, 6.45) is 2.72. The standard InChI is InChI=1S/C16H23N3O2/c1-17-15(9-11-21-13-12-20-2)16-8-10-18-19(16)14-6-4-3-5-7-14/h3-8,10,15,17H,9,11-13H2,1-2H3. The van der Waals surface area contributed by atoms with E-state index in [1.165, 1.54) is 0 Å². The molecule has 0 aliphatic heterocycles. The molecular formula is C16H23N3O2. The van der Waals surface area contributed by atoms with Crippen LogP contribution >= 0.6 is 0 Å². The van der Waals surface area contributed by atoms with Gasteiger partial charge in [0.15, 0.2) is 0 Å². The SMILES string of the molecule is CNC(CCOCCOC)c1ccnn1-c1ccccc1. The van der Waals surface area contributed by atoms with Gasteiger partial charge in [-0.15, -0.1) is 0 Å². The highest BCUT2D eigenvalue weighted by atomic mass is 16.5. The minimum atomic E-state index is 0.204. The highest BCUT2D eigenvalue weighted by Gasteiger charge is 2.15. The molecule has 1 aromatic carbocycles. The Balaban J connectivity index is 2.01. The quantitative estimate of drug-likeness (QED) is 0.719. The van der Waals surface area contributed by atoms with Gasteiger partial charge in [-0.2, -0.15) is 5.10 Å². The number of rotatable bonds is 9. The van der Waals surface area contributed by atoms with Crippen LogP contribution in [-0.4, -0.2) is 43.8 Å². The lowest BCUT2D eigenvalue weighted by Crippen LogP contribution is -2.22. The van der Waals surface area contributed by atoms with Crippen molar-refractivity contribution >= 4 is 0 Å². The molecular weight excluding hydrogens is 266 g/mol. The van der Waals surface area contributed by atoms with Crippen LogP contribution in [0.15, 0.2) is 42.6 Å². The topological polar surface area (TPSA) is 48.3 Å². The molecule has 2 aromatic rings. The molecule has 0 fully saturated rings. The van der Waals surface area contributed by atoms with Crippen LogP contribution in [0.3, 0.4) is 0 Å². The number of ether oxygens (including phenoxy) is 2. The zero-order chi connectivity index (χ0) is 14.9. The number of nitrogens with zero attached hydrogens (tertiary/aromatic N) is 2. The molecule has 0 saturated heterocycles. The first-order chi connectivity index (χ1) is 10.4. The molecule has 114 valence electrons. The first kappa shape index (κ1) is 15.7. The Morgan fingerprint density at radius 1 is 1.14 bits per heavy atom. The van der Waals surface area contributed by atoms with E-state index in [4.69, 9.17) is 9.47 Å². The predicted molar refractivity (Wildman–Crippen MR) is 82.7 cm³/mol. The van der Waals surface area contributed by atoms with Crippen molar-refractivity contribution in [3.05, 3.63) is 48.3 Å². The van der Waals surface area contributed by atoms with Gasteiger partial charge in [-0.05, 0) is 31.7 Å². The number of hydrogen-bond donors (Lipinski definition) is 1. The second-order valence-electron chi connectivity index (χ2n) is 4.74. The Bertz CT molecular complexity index is 513. The Labute approximate surface area is 125 Å². The Hall–Kier alpha value is -1.69. The van der Waals surface area contributed by atoms with E-state index in [-0.39, 0.29) is 6.04 Å². The van der Waals surface area contributed by atoms with Gasteiger partial charge in [-0.3, -0.25) is 0 Å². The predicted octanol–water partition coefficient (Wildman–Crippen LogP) is 2.19. The summed E-state index contributed by atoms with van der Waals surface area (Å²) >= 11 is 0. The van der Waals surface area contributed by atoms with Crippen molar-refractivity contribution in [3.63, 3.8) is 0 Å². The second-order valence-corrected chi connectivity index (χ2v) is 4.74. The zero-order valence-corrected chi connectivity index (χ0v) is 12.7. The third kappa shape index (κ3) is 4.39. The summed E-state index contributed by atoms with van der Waals surface area (Å²) in [5.41, 5.74) is 2.21. The first-order valence-corrected chi connectivity index (χ1v) is 7.20. The highest BCUT2D eigenvalue weighted by molar-refractivity contribution is 5.33. The molecule has 1 unspecified atom stereocenters. The van der Waals surface area contributed by atoms with Gasteiger partial charge in [0.25, 0.3) is 0 Å². The lowest BCUT2D eigenvalue weighted by Gasteiger charge is -2.18.